The molecule has 1 heterocycles. The number of halogens is 2. The van der Waals surface area contributed by atoms with Crippen molar-refractivity contribution in [1.82, 2.24) is 4.90 Å². The van der Waals surface area contributed by atoms with Gasteiger partial charge in [-0.1, -0.05) is 58.7 Å². The SMILES string of the molecule is CC[C@H](C(=O)c1ccc(Br)cc1)[C@@H](c1ccc(Cl)cc1)[C@@H](C(=O)OC)C(=O)N1CCCCC1. The fraction of sp³-hybridized carbons (Fsp3) is 0.423. The summed E-state index contributed by atoms with van der Waals surface area (Å²) in [7, 11) is 1.29. The molecule has 1 fully saturated rings. The van der Waals surface area contributed by atoms with Crippen LogP contribution in [0.25, 0.3) is 0 Å². The monoisotopic (exact) mass is 533 g/mol. The number of nitrogens with zero attached hydrogens (tertiary/aromatic N) is 1. The quantitative estimate of drug-likeness (QED) is 0.240. The zero-order valence-electron chi connectivity index (χ0n) is 18.9. The number of likely N-dealkylation sites (tertiary alicyclic amines) is 1. The molecule has 0 radical (unpaired) electrons. The van der Waals surface area contributed by atoms with Gasteiger partial charge in [-0.3, -0.25) is 14.4 Å². The van der Waals surface area contributed by atoms with E-state index in [0.717, 1.165) is 29.3 Å². The van der Waals surface area contributed by atoms with E-state index in [-0.39, 0.29) is 11.7 Å². The Morgan fingerprint density at radius 1 is 1.00 bits per heavy atom. The van der Waals surface area contributed by atoms with E-state index in [2.05, 4.69) is 15.9 Å². The highest BCUT2D eigenvalue weighted by atomic mass is 79.9. The van der Waals surface area contributed by atoms with Gasteiger partial charge in [0.2, 0.25) is 5.91 Å². The molecule has 0 spiro atoms. The van der Waals surface area contributed by atoms with Crippen molar-refractivity contribution in [2.45, 2.75) is 38.5 Å². The molecule has 33 heavy (non-hydrogen) atoms. The second-order valence-corrected chi connectivity index (χ2v) is 9.70. The first-order chi connectivity index (χ1) is 15.9. The summed E-state index contributed by atoms with van der Waals surface area (Å²) in [6, 6.07) is 14.2. The van der Waals surface area contributed by atoms with Crippen LogP contribution in [0, 0.1) is 11.8 Å². The summed E-state index contributed by atoms with van der Waals surface area (Å²) in [6.07, 6.45) is 3.33. The summed E-state index contributed by atoms with van der Waals surface area (Å²) in [5, 5.41) is 0.543. The summed E-state index contributed by atoms with van der Waals surface area (Å²) >= 11 is 9.52. The largest absolute Gasteiger partial charge is 0.468 e. The van der Waals surface area contributed by atoms with E-state index in [1.54, 1.807) is 41.3 Å². The number of Topliss-reactive ketones (excluding diaryl/α,β-unsaturated/α-hetero) is 1. The van der Waals surface area contributed by atoms with Crippen molar-refractivity contribution >= 4 is 45.2 Å². The molecule has 0 aromatic heterocycles. The van der Waals surface area contributed by atoms with E-state index in [1.165, 1.54) is 7.11 Å². The van der Waals surface area contributed by atoms with Crippen LogP contribution < -0.4 is 0 Å². The molecule has 0 saturated carbocycles. The highest BCUT2D eigenvalue weighted by Crippen LogP contribution is 2.39. The molecule has 1 amide bonds. The minimum Gasteiger partial charge on any atom is -0.468 e. The Kier molecular flexibility index (Phi) is 9.10. The number of rotatable bonds is 8. The highest BCUT2D eigenvalue weighted by molar-refractivity contribution is 9.10. The maximum absolute atomic E-state index is 13.7. The minimum atomic E-state index is -1.11. The molecule has 2 aromatic rings. The smallest absolute Gasteiger partial charge is 0.318 e. The molecule has 0 aliphatic carbocycles. The van der Waals surface area contributed by atoms with Crippen LogP contribution in [0.3, 0.4) is 0 Å². The summed E-state index contributed by atoms with van der Waals surface area (Å²) in [5.74, 6) is -3.38. The van der Waals surface area contributed by atoms with Crippen LogP contribution in [0.1, 0.15) is 54.4 Å². The molecule has 3 rings (SSSR count). The summed E-state index contributed by atoms with van der Waals surface area (Å²) in [4.78, 5) is 42.2. The van der Waals surface area contributed by atoms with Crippen molar-refractivity contribution in [1.29, 1.82) is 0 Å². The Bertz CT molecular complexity index is 971. The molecule has 0 bridgehead atoms. The lowest BCUT2D eigenvalue weighted by molar-refractivity contribution is -0.155. The minimum absolute atomic E-state index is 0.106. The number of ether oxygens (including phenoxy) is 1. The number of carbonyl (C=O) groups excluding carboxylic acids is 3. The van der Waals surface area contributed by atoms with Crippen LogP contribution in [0.15, 0.2) is 53.0 Å². The molecular weight excluding hydrogens is 506 g/mol. The fourth-order valence-electron chi connectivity index (χ4n) is 4.61. The van der Waals surface area contributed by atoms with Gasteiger partial charge in [0.25, 0.3) is 0 Å². The summed E-state index contributed by atoms with van der Waals surface area (Å²) < 4.78 is 5.99. The Morgan fingerprint density at radius 2 is 1.61 bits per heavy atom. The van der Waals surface area contributed by atoms with E-state index >= 15 is 0 Å². The van der Waals surface area contributed by atoms with Crippen LogP contribution in [0.5, 0.6) is 0 Å². The average molecular weight is 535 g/mol. The second kappa shape index (κ2) is 11.8. The standard InChI is InChI=1S/C26H29BrClNO4/c1-3-21(24(30)18-7-11-19(27)12-8-18)22(17-9-13-20(28)14-10-17)23(26(32)33-2)25(31)29-15-5-4-6-16-29/h7-14,21-23H,3-6,15-16H2,1-2H3/t21-,22+,23+/m0/s1. The van der Waals surface area contributed by atoms with Crippen LogP contribution in [-0.4, -0.2) is 42.8 Å². The van der Waals surface area contributed by atoms with E-state index in [9.17, 15) is 14.4 Å². The van der Waals surface area contributed by atoms with E-state index in [1.807, 2.05) is 19.1 Å². The normalized spacial score (nSPS) is 16.5. The number of esters is 1. The van der Waals surface area contributed by atoms with Crippen LogP contribution >= 0.6 is 27.5 Å². The second-order valence-electron chi connectivity index (χ2n) is 8.35. The summed E-state index contributed by atoms with van der Waals surface area (Å²) in [6.45, 7) is 3.12. The van der Waals surface area contributed by atoms with Gasteiger partial charge in [0.05, 0.1) is 7.11 Å². The number of amides is 1. The van der Waals surface area contributed by atoms with Gasteiger partial charge in [-0.15, -0.1) is 0 Å². The first kappa shape index (κ1) is 25.4. The molecule has 7 heteroatoms. The lowest BCUT2D eigenvalue weighted by atomic mass is 9.72. The molecule has 0 unspecified atom stereocenters. The van der Waals surface area contributed by atoms with Crippen molar-refractivity contribution in [3.05, 3.63) is 69.2 Å². The lowest BCUT2D eigenvalue weighted by Crippen LogP contribution is -2.47. The molecule has 5 nitrogen and oxygen atoms in total. The third-order valence-corrected chi connectivity index (χ3v) is 7.12. The van der Waals surface area contributed by atoms with Crippen molar-refractivity contribution in [3.63, 3.8) is 0 Å². The third kappa shape index (κ3) is 6.04. The number of benzene rings is 2. The third-order valence-electron chi connectivity index (χ3n) is 6.34. The number of piperidine rings is 1. The lowest BCUT2D eigenvalue weighted by Gasteiger charge is -2.35. The number of ketones is 1. The molecule has 176 valence electrons. The van der Waals surface area contributed by atoms with Crippen LogP contribution in [0.2, 0.25) is 5.02 Å². The number of hydrogen-bond acceptors (Lipinski definition) is 4. The predicted octanol–water partition coefficient (Wildman–Crippen LogP) is 5.90. The first-order valence-corrected chi connectivity index (χ1v) is 12.5. The number of carbonyl (C=O) groups is 3. The molecular formula is C26H29BrClNO4. The van der Waals surface area contributed by atoms with Gasteiger partial charge in [-0.2, -0.15) is 0 Å². The molecule has 3 atom stereocenters. The number of hydrogen-bond donors (Lipinski definition) is 0. The van der Waals surface area contributed by atoms with Gasteiger partial charge in [-0.05, 0) is 55.5 Å². The Labute approximate surface area is 208 Å². The summed E-state index contributed by atoms with van der Waals surface area (Å²) in [5.41, 5.74) is 1.26. The van der Waals surface area contributed by atoms with Gasteiger partial charge in [0.1, 0.15) is 5.92 Å². The van der Waals surface area contributed by atoms with Crippen molar-refractivity contribution in [2.24, 2.45) is 11.8 Å². The highest BCUT2D eigenvalue weighted by Gasteiger charge is 2.45. The first-order valence-electron chi connectivity index (χ1n) is 11.3. The van der Waals surface area contributed by atoms with Gasteiger partial charge >= 0.3 is 5.97 Å². The van der Waals surface area contributed by atoms with Crippen molar-refractivity contribution < 1.29 is 19.1 Å². The maximum Gasteiger partial charge on any atom is 0.318 e. The van der Waals surface area contributed by atoms with Gasteiger partial charge < -0.3 is 9.64 Å². The van der Waals surface area contributed by atoms with Crippen LogP contribution in [-0.2, 0) is 14.3 Å². The van der Waals surface area contributed by atoms with Crippen LogP contribution in [0.4, 0.5) is 0 Å². The Hall–Kier alpha value is -2.18. The van der Waals surface area contributed by atoms with E-state index in [4.69, 9.17) is 16.3 Å². The molecule has 1 saturated heterocycles. The van der Waals surface area contributed by atoms with Crippen molar-refractivity contribution in [3.8, 4) is 0 Å². The van der Waals surface area contributed by atoms with Gasteiger partial charge in [0.15, 0.2) is 5.78 Å². The molecule has 1 aliphatic rings. The van der Waals surface area contributed by atoms with Gasteiger partial charge in [0, 0.05) is 40.0 Å². The van der Waals surface area contributed by atoms with E-state index in [0.29, 0.717) is 30.1 Å². The molecule has 1 aliphatic heterocycles. The fourth-order valence-corrected chi connectivity index (χ4v) is 5.00. The molecule has 0 N–H and O–H groups in total. The Morgan fingerprint density at radius 3 is 2.15 bits per heavy atom. The zero-order valence-corrected chi connectivity index (χ0v) is 21.3. The van der Waals surface area contributed by atoms with Gasteiger partial charge in [-0.25, -0.2) is 0 Å². The maximum atomic E-state index is 13.7. The van der Waals surface area contributed by atoms with Crippen molar-refractivity contribution in [2.75, 3.05) is 20.2 Å². The molecule has 2 aromatic carbocycles. The zero-order chi connectivity index (χ0) is 24.0. The topological polar surface area (TPSA) is 63.7 Å². The number of methoxy groups -OCH3 is 1. The average Bonchev–Trinajstić information content (AvgIpc) is 2.84. The Balaban J connectivity index is 2.09. The van der Waals surface area contributed by atoms with E-state index < -0.39 is 23.7 Å². The predicted molar refractivity (Wildman–Crippen MR) is 132 cm³/mol.